The molecule has 3 aromatic rings. The number of hydrazone groups is 1. The molecule has 0 saturated heterocycles. The second-order valence-electron chi connectivity index (χ2n) is 5.98. The van der Waals surface area contributed by atoms with Crippen LogP contribution in [0.5, 0.6) is 11.5 Å². The van der Waals surface area contributed by atoms with Gasteiger partial charge in [0, 0.05) is 10.6 Å². The van der Waals surface area contributed by atoms with E-state index in [2.05, 4.69) is 10.5 Å². The Morgan fingerprint density at radius 1 is 1.07 bits per heavy atom. The number of furan rings is 1. The molecule has 0 radical (unpaired) electrons. The SMILES string of the molecule is O=C(Cc1ccc2c(c1)OCO2)N/N=C/c1ccc(-c2ccc(Cl)cc2Cl)o1. The fourth-order valence-corrected chi connectivity index (χ4v) is 3.20. The zero-order valence-corrected chi connectivity index (χ0v) is 16.0. The summed E-state index contributed by atoms with van der Waals surface area (Å²) in [6, 6.07) is 14.0. The Hall–Kier alpha value is -2.96. The van der Waals surface area contributed by atoms with Gasteiger partial charge in [-0.1, -0.05) is 29.3 Å². The van der Waals surface area contributed by atoms with Crippen LogP contribution in [0.15, 0.2) is 58.0 Å². The molecule has 1 aromatic heterocycles. The summed E-state index contributed by atoms with van der Waals surface area (Å²) in [7, 11) is 0. The molecule has 142 valence electrons. The van der Waals surface area contributed by atoms with Crippen molar-refractivity contribution in [2.75, 3.05) is 6.79 Å². The summed E-state index contributed by atoms with van der Waals surface area (Å²) >= 11 is 12.1. The van der Waals surface area contributed by atoms with Crippen molar-refractivity contribution in [2.45, 2.75) is 6.42 Å². The molecular formula is C20H14Cl2N2O4. The number of hydrogen-bond donors (Lipinski definition) is 1. The molecule has 2 heterocycles. The van der Waals surface area contributed by atoms with Gasteiger partial charge in [-0.2, -0.15) is 5.10 Å². The Kier molecular flexibility index (Phi) is 5.23. The average Bonchev–Trinajstić information content (AvgIpc) is 3.30. The molecule has 0 atom stereocenters. The summed E-state index contributed by atoms with van der Waals surface area (Å²) in [6.45, 7) is 0.196. The van der Waals surface area contributed by atoms with Gasteiger partial charge in [-0.05, 0) is 48.0 Å². The lowest BCUT2D eigenvalue weighted by molar-refractivity contribution is -0.120. The Bertz CT molecular complexity index is 1060. The molecule has 4 rings (SSSR count). The lowest BCUT2D eigenvalue weighted by atomic mass is 10.1. The van der Waals surface area contributed by atoms with Crippen molar-refractivity contribution >= 4 is 35.3 Å². The Morgan fingerprint density at radius 3 is 2.79 bits per heavy atom. The first kappa shape index (κ1) is 18.4. The predicted octanol–water partition coefficient (Wildman–Crippen LogP) is 4.67. The molecule has 6 nitrogen and oxygen atoms in total. The average molecular weight is 417 g/mol. The first-order valence-electron chi connectivity index (χ1n) is 8.34. The molecule has 1 aliphatic heterocycles. The Balaban J connectivity index is 1.36. The van der Waals surface area contributed by atoms with Gasteiger partial charge in [0.2, 0.25) is 12.7 Å². The highest BCUT2D eigenvalue weighted by Crippen LogP contribution is 2.33. The molecule has 1 aliphatic rings. The quantitative estimate of drug-likeness (QED) is 0.484. The van der Waals surface area contributed by atoms with E-state index >= 15 is 0 Å². The van der Waals surface area contributed by atoms with Crippen LogP contribution in [0.3, 0.4) is 0 Å². The number of nitrogens with zero attached hydrogens (tertiary/aromatic N) is 1. The Morgan fingerprint density at radius 2 is 1.93 bits per heavy atom. The molecule has 0 bridgehead atoms. The van der Waals surface area contributed by atoms with Crippen molar-refractivity contribution in [1.82, 2.24) is 5.43 Å². The van der Waals surface area contributed by atoms with Gasteiger partial charge in [0.15, 0.2) is 11.5 Å². The number of ether oxygens (including phenoxy) is 2. The van der Waals surface area contributed by atoms with E-state index in [1.54, 1.807) is 42.5 Å². The van der Waals surface area contributed by atoms with Crippen LogP contribution in [0.2, 0.25) is 10.0 Å². The summed E-state index contributed by atoms with van der Waals surface area (Å²) in [5.41, 5.74) is 3.99. The van der Waals surface area contributed by atoms with Crippen molar-refractivity contribution in [3.63, 3.8) is 0 Å². The maximum absolute atomic E-state index is 12.0. The minimum Gasteiger partial charge on any atom is -0.455 e. The fraction of sp³-hybridized carbons (Fsp3) is 0.100. The van der Waals surface area contributed by atoms with Crippen molar-refractivity contribution in [1.29, 1.82) is 0 Å². The summed E-state index contributed by atoms with van der Waals surface area (Å²) < 4.78 is 16.2. The molecular weight excluding hydrogens is 403 g/mol. The number of carbonyl (C=O) groups is 1. The first-order valence-corrected chi connectivity index (χ1v) is 9.10. The van der Waals surface area contributed by atoms with Gasteiger partial charge in [-0.15, -0.1) is 0 Å². The second-order valence-corrected chi connectivity index (χ2v) is 6.83. The van der Waals surface area contributed by atoms with Gasteiger partial charge in [-0.25, -0.2) is 5.43 Å². The van der Waals surface area contributed by atoms with E-state index in [1.807, 2.05) is 6.07 Å². The third-order valence-electron chi connectivity index (χ3n) is 4.01. The molecule has 0 fully saturated rings. The van der Waals surface area contributed by atoms with E-state index in [0.717, 1.165) is 11.1 Å². The van der Waals surface area contributed by atoms with Crippen LogP contribution < -0.4 is 14.9 Å². The highest BCUT2D eigenvalue weighted by Gasteiger charge is 2.14. The summed E-state index contributed by atoms with van der Waals surface area (Å²) in [4.78, 5) is 12.0. The number of hydrogen-bond acceptors (Lipinski definition) is 5. The van der Waals surface area contributed by atoms with Crippen LogP contribution in [0.1, 0.15) is 11.3 Å². The summed E-state index contributed by atoms with van der Waals surface area (Å²) in [6.07, 6.45) is 1.59. The van der Waals surface area contributed by atoms with Gasteiger partial charge in [-0.3, -0.25) is 4.79 Å². The molecule has 2 aromatic carbocycles. The predicted molar refractivity (Wildman–Crippen MR) is 106 cm³/mol. The molecule has 28 heavy (non-hydrogen) atoms. The third kappa shape index (κ3) is 4.13. The van der Waals surface area contributed by atoms with Crippen molar-refractivity contribution in [3.8, 4) is 22.8 Å². The van der Waals surface area contributed by atoms with Gasteiger partial charge in [0.25, 0.3) is 0 Å². The zero-order chi connectivity index (χ0) is 19.5. The van der Waals surface area contributed by atoms with E-state index in [-0.39, 0.29) is 19.1 Å². The first-order chi connectivity index (χ1) is 13.6. The minimum absolute atomic E-state index is 0.164. The lowest BCUT2D eigenvalue weighted by Crippen LogP contribution is -2.19. The summed E-state index contributed by atoms with van der Waals surface area (Å²) in [5, 5.41) is 4.96. The molecule has 0 saturated carbocycles. The van der Waals surface area contributed by atoms with E-state index in [4.69, 9.17) is 37.1 Å². The van der Waals surface area contributed by atoms with E-state index in [0.29, 0.717) is 33.1 Å². The lowest BCUT2D eigenvalue weighted by Gasteiger charge is -2.02. The van der Waals surface area contributed by atoms with Crippen LogP contribution >= 0.6 is 23.2 Å². The maximum atomic E-state index is 12.0. The second kappa shape index (κ2) is 7.96. The molecule has 1 amide bonds. The summed E-state index contributed by atoms with van der Waals surface area (Å²) in [5.74, 6) is 2.11. The standard InChI is InChI=1S/C20H14Cl2N2O4/c21-13-2-4-15(16(22)9-13)17-6-3-14(28-17)10-23-24-20(25)8-12-1-5-18-19(7-12)27-11-26-18/h1-7,9-10H,8,11H2,(H,24,25)/b23-10+. The highest BCUT2D eigenvalue weighted by atomic mass is 35.5. The molecule has 1 N–H and O–H groups in total. The van der Waals surface area contributed by atoms with Crippen LogP contribution in [0, 0.1) is 0 Å². The number of halogens is 2. The highest BCUT2D eigenvalue weighted by molar-refractivity contribution is 6.36. The number of benzene rings is 2. The number of rotatable bonds is 5. The van der Waals surface area contributed by atoms with Crippen LogP contribution in [0.4, 0.5) is 0 Å². The molecule has 0 spiro atoms. The van der Waals surface area contributed by atoms with Gasteiger partial charge < -0.3 is 13.9 Å². The number of nitrogens with one attached hydrogen (secondary N) is 1. The monoisotopic (exact) mass is 416 g/mol. The topological polar surface area (TPSA) is 73.1 Å². The van der Waals surface area contributed by atoms with Crippen LogP contribution in [0.25, 0.3) is 11.3 Å². The third-order valence-corrected chi connectivity index (χ3v) is 4.55. The molecule has 8 heteroatoms. The smallest absolute Gasteiger partial charge is 0.244 e. The van der Waals surface area contributed by atoms with Crippen molar-refractivity contribution in [2.24, 2.45) is 5.10 Å². The number of carbonyl (C=O) groups excluding carboxylic acids is 1. The molecule has 0 unspecified atom stereocenters. The van der Waals surface area contributed by atoms with Gasteiger partial charge >= 0.3 is 0 Å². The molecule has 0 aliphatic carbocycles. The van der Waals surface area contributed by atoms with Gasteiger partial charge in [0.1, 0.15) is 11.5 Å². The van der Waals surface area contributed by atoms with Crippen molar-refractivity contribution in [3.05, 3.63) is 69.9 Å². The largest absolute Gasteiger partial charge is 0.455 e. The normalized spacial score (nSPS) is 12.5. The maximum Gasteiger partial charge on any atom is 0.244 e. The van der Waals surface area contributed by atoms with Crippen molar-refractivity contribution < 1.29 is 18.7 Å². The number of amides is 1. The minimum atomic E-state index is -0.261. The fourth-order valence-electron chi connectivity index (χ4n) is 2.70. The number of fused-ring (bicyclic) bond motifs is 1. The van der Waals surface area contributed by atoms with Crippen LogP contribution in [-0.4, -0.2) is 18.9 Å². The Labute approximate surface area is 170 Å². The van der Waals surface area contributed by atoms with E-state index < -0.39 is 0 Å². The zero-order valence-electron chi connectivity index (χ0n) is 14.4. The van der Waals surface area contributed by atoms with E-state index in [1.165, 1.54) is 6.21 Å². The van der Waals surface area contributed by atoms with Crippen LogP contribution in [-0.2, 0) is 11.2 Å². The van der Waals surface area contributed by atoms with E-state index in [9.17, 15) is 4.79 Å². The van der Waals surface area contributed by atoms with Gasteiger partial charge in [0.05, 0.1) is 17.7 Å².